The average Bonchev–Trinajstić information content (AvgIpc) is 3.27. The highest BCUT2D eigenvalue weighted by Crippen LogP contribution is 2.47. The monoisotopic (exact) mass is 362 g/mol. The number of ether oxygens (including phenoxy) is 1. The van der Waals surface area contributed by atoms with E-state index in [1.165, 1.54) is 20.0 Å². The molecule has 1 aromatic rings. The van der Waals surface area contributed by atoms with E-state index < -0.39 is 12.1 Å². The molecule has 3 atom stereocenters. The zero-order chi connectivity index (χ0) is 19.0. The van der Waals surface area contributed by atoms with Crippen LogP contribution in [-0.2, 0) is 9.53 Å². The van der Waals surface area contributed by atoms with E-state index in [9.17, 15) is 9.59 Å². The number of carbonyl (C=O) groups is 2. The van der Waals surface area contributed by atoms with Crippen LogP contribution in [0.1, 0.15) is 56.4 Å². The molecule has 2 N–H and O–H groups in total. The first-order chi connectivity index (χ1) is 12.3. The zero-order valence-electron chi connectivity index (χ0n) is 16.3. The molecular weight excluding hydrogens is 332 g/mol. The summed E-state index contributed by atoms with van der Waals surface area (Å²) in [5, 5.41) is 2.71. The molecule has 7 heteroatoms. The van der Waals surface area contributed by atoms with Gasteiger partial charge in [-0.1, -0.05) is 13.8 Å². The largest absolute Gasteiger partial charge is 0.453 e. The van der Waals surface area contributed by atoms with E-state index in [-0.39, 0.29) is 17.9 Å². The van der Waals surface area contributed by atoms with Gasteiger partial charge in [-0.05, 0) is 50.9 Å². The second kappa shape index (κ2) is 7.29. The molecule has 1 saturated carbocycles. The second-order valence-corrected chi connectivity index (χ2v) is 8.03. The van der Waals surface area contributed by atoms with Gasteiger partial charge in [-0.15, -0.1) is 0 Å². The summed E-state index contributed by atoms with van der Waals surface area (Å²) < 4.78 is 4.70. The van der Waals surface area contributed by atoms with Gasteiger partial charge >= 0.3 is 6.09 Å². The van der Waals surface area contributed by atoms with Gasteiger partial charge in [0.25, 0.3) is 0 Å². The van der Waals surface area contributed by atoms with Gasteiger partial charge in [0.1, 0.15) is 11.9 Å². The first kappa shape index (κ1) is 18.7. The van der Waals surface area contributed by atoms with Crippen LogP contribution in [0.3, 0.4) is 0 Å². The summed E-state index contributed by atoms with van der Waals surface area (Å²) in [6, 6.07) is -0.652. The maximum absolute atomic E-state index is 13.3. The van der Waals surface area contributed by atoms with Crippen molar-refractivity contribution in [2.45, 2.75) is 59.0 Å². The normalized spacial score (nSPS) is 24.0. The van der Waals surface area contributed by atoms with E-state index >= 15 is 0 Å². The highest BCUT2D eigenvalue weighted by molar-refractivity contribution is 5.86. The Labute approximate surface area is 154 Å². The predicted molar refractivity (Wildman–Crippen MR) is 97.5 cm³/mol. The van der Waals surface area contributed by atoms with Crippen LogP contribution in [0.2, 0.25) is 0 Å². The van der Waals surface area contributed by atoms with Crippen LogP contribution in [0, 0.1) is 31.6 Å². The van der Waals surface area contributed by atoms with Crippen molar-refractivity contribution >= 4 is 12.0 Å². The van der Waals surface area contributed by atoms with Crippen LogP contribution in [0.15, 0.2) is 0 Å². The summed E-state index contributed by atoms with van der Waals surface area (Å²) in [6.45, 7) is 8.58. The number of carbonyl (C=O) groups excluding carboxylic acids is 2. The van der Waals surface area contributed by atoms with Gasteiger partial charge in [-0.3, -0.25) is 4.79 Å². The molecule has 0 spiro atoms. The third-order valence-electron chi connectivity index (χ3n) is 5.76. The fourth-order valence-electron chi connectivity index (χ4n) is 3.89. The molecule has 7 nitrogen and oxygen atoms in total. The van der Waals surface area contributed by atoms with E-state index in [0.29, 0.717) is 5.92 Å². The topological polar surface area (TPSA) is 87.3 Å². The third kappa shape index (κ3) is 3.71. The first-order valence-electron chi connectivity index (χ1n) is 9.49. The van der Waals surface area contributed by atoms with Gasteiger partial charge in [-0.2, -0.15) is 0 Å². The van der Waals surface area contributed by atoms with Crippen LogP contribution in [0.5, 0.6) is 0 Å². The maximum Gasteiger partial charge on any atom is 0.407 e. The number of hydrogen-bond acceptors (Lipinski definition) is 4. The smallest absolute Gasteiger partial charge is 0.407 e. The minimum atomic E-state index is -0.597. The molecule has 2 heterocycles. The summed E-state index contributed by atoms with van der Waals surface area (Å²) in [6.07, 6.45) is 2.87. The lowest BCUT2D eigenvalue weighted by Crippen LogP contribution is -2.51. The van der Waals surface area contributed by atoms with Crippen LogP contribution < -0.4 is 5.32 Å². The zero-order valence-corrected chi connectivity index (χ0v) is 16.3. The Morgan fingerprint density at radius 2 is 1.96 bits per heavy atom. The number of alkyl carbamates (subject to hydrolysis) is 1. The Morgan fingerprint density at radius 3 is 2.46 bits per heavy atom. The maximum atomic E-state index is 13.3. The molecule has 0 unspecified atom stereocenters. The minimum Gasteiger partial charge on any atom is -0.453 e. The van der Waals surface area contributed by atoms with Crippen molar-refractivity contribution in [3.63, 3.8) is 0 Å². The highest BCUT2D eigenvalue weighted by Gasteiger charge is 2.46. The molecule has 0 aromatic carbocycles. The van der Waals surface area contributed by atoms with Crippen LogP contribution in [-0.4, -0.2) is 46.6 Å². The number of amides is 2. The van der Waals surface area contributed by atoms with Gasteiger partial charge in [0, 0.05) is 12.2 Å². The van der Waals surface area contributed by atoms with Gasteiger partial charge in [0.2, 0.25) is 5.91 Å². The van der Waals surface area contributed by atoms with E-state index in [2.05, 4.69) is 15.3 Å². The number of aromatic nitrogens is 2. The molecule has 1 aliphatic heterocycles. The summed E-state index contributed by atoms with van der Waals surface area (Å²) in [5.41, 5.74) is 2.01. The first-order valence-corrected chi connectivity index (χ1v) is 9.49. The van der Waals surface area contributed by atoms with Crippen molar-refractivity contribution in [3.05, 3.63) is 17.2 Å². The number of rotatable bonds is 5. The fraction of sp³-hybridized carbons (Fsp3) is 0.737. The van der Waals surface area contributed by atoms with Gasteiger partial charge in [0.15, 0.2) is 0 Å². The molecule has 2 aliphatic rings. The SMILES string of the molecule is COC(=O)N[C@H](C(=O)N1C[C@@H](C2CC2)C[C@H]1c1nc(C)c(C)[nH]1)C(C)C. The third-order valence-corrected chi connectivity index (χ3v) is 5.76. The lowest BCUT2D eigenvalue weighted by atomic mass is 10.0. The van der Waals surface area contributed by atoms with Gasteiger partial charge < -0.3 is 19.9 Å². The molecule has 1 aliphatic carbocycles. The van der Waals surface area contributed by atoms with E-state index in [4.69, 9.17) is 4.74 Å². The Bertz CT molecular complexity index is 661. The van der Waals surface area contributed by atoms with Gasteiger partial charge in [-0.25, -0.2) is 9.78 Å². The number of nitrogens with one attached hydrogen (secondary N) is 2. The van der Waals surface area contributed by atoms with Crippen LogP contribution >= 0.6 is 0 Å². The highest BCUT2D eigenvalue weighted by atomic mass is 16.5. The molecule has 0 radical (unpaired) electrons. The molecule has 2 amide bonds. The van der Waals surface area contributed by atoms with Crippen molar-refractivity contribution < 1.29 is 14.3 Å². The quantitative estimate of drug-likeness (QED) is 0.843. The predicted octanol–water partition coefficient (Wildman–Crippen LogP) is 2.71. The van der Waals surface area contributed by atoms with Crippen molar-refractivity contribution in [1.29, 1.82) is 0 Å². The standard InChI is InChI=1S/C19H30N4O3/c1-10(2)16(22-19(25)26-5)18(24)23-9-14(13-6-7-13)8-15(23)17-20-11(3)12(4)21-17/h10,13-16H,6-9H2,1-5H3,(H,20,21)(H,22,25)/t14-,15-,16-/m0/s1. The van der Waals surface area contributed by atoms with E-state index in [1.54, 1.807) is 0 Å². The Kier molecular flexibility index (Phi) is 5.25. The summed E-state index contributed by atoms with van der Waals surface area (Å²) >= 11 is 0. The summed E-state index contributed by atoms with van der Waals surface area (Å²) in [7, 11) is 1.31. The molecular formula is C19H30N4O3. The van der Waals surface area contributed by atoms with Crippen LogP contribution in [0.4, 0.5) is 4.79 Å². The lowest BCUT2D eigenvalue weighted by molar-refractivity contribution is -0.135. The molecule has 1 saturated heterocycles. The Morgan fingerprint density at radius 1 is 1.27 bits per heavy atom. The number of aromatic amines is 1. The Hall–Kier alpha value is -2.05. The van der Waals surface area contributed by atoms with Crippen molar-refractivity contribution in [2.24, 2.45) is 17.8 Å². The van der Waals surface area contributed by atoms with E-state index in [0.717, 1.165) is 36.1 Å². The number of imidazole rings is 1. The fourth-order valence-corrected chi connectivity index (χ4v) is 3.89. The van der Waals surface area contributed by atoms with Crippen LogP contribution in [0.25, 0.3) is 0 Å². The van der Waals surface area contributed by atoms with E-state index in [1.807, 2.05) is 32.6 Å². The number of likely N-dealkylation sites (tertiary alicyclic amines) is 1. The van der Waals surface area contributed by atoms with Crippen molar-refractivity contribution in [2.75, 3.05) is 13.7 Å². The summed E-state index contributed by atoms with van der Waals surface area (Å²) in [5.74, 6) is 2.02. The number of H-pyrrole nitrogens is 1. The Balaban J connectivity index is 1.85. The number of hydrogen-bond donors (Lipinski definition) is 2. The molecule has 0 bridgehead atoms. The van der Waals surface area contributed by atoms with Crippen molar-refractivity contribution in [3.8, 4) is 0 Å². The molecule has 26 heavy (non-hydrogen) atoms. The molecule has 2 fully saturated rings. The summed E-state index contributed by atoms with van der Waals surface area (Å²) in [4.78, 5) is 35.0. The molecule has 3 rings (SSSR count). The number of methoxy groups -OCH3 is 1. The number of nitrogens with zero attached hydrogens (tertiary/aromatic N) is 2. The van der Waals surface area contributed by atoms with Gasteiger partial charge in [0.05, 0.1) is 18.8 Å². The average molecular weight is 362 g/mol. The molecule has 1 aromatic heterocycles. The second-order valence-electron chi connectivity index (χ2n) is 8.03. The number of aryl methyl sites for hydroxylation is 2. The van der Waals surface area contributed by atoms with Crippen molar-refractivity contribution in [1.82, 2.24) is 20.2 Å². The lowest BCUT2D eigenvalue weighted by Gasteiger charge is -2.30. The minimum absolute atomic E-state index is 0.0256. The molecule has 144 valence electrons.